The molecule has 0 radical (unpaired) electrons. The molecular formula is C14H19N3O5S2. The van der Waals surface area contributed by atoms with Gasteiger partial charge < -0.3 is 4.42 Å². The number of aromatic nitrogens is 1. The summed E-state index contributed by atoms with van der Waals surface area (Å²) in [5.74, 6) is 0.486. The standard InChI is InChI=1S/C14H19N3O5S2/c1-3-23(18,19)16-6-8-17(9-7-16)24(20,21)12-4-5-14-13(10-12)15-11(2)22-14/h4-5,10H,3,6-9H2,1-2H3. The summed E-state index contributed by atoms with van der Waals surface area (Å²) in [6.07, 6.45) is 0. The predicted molar refractivity (Wildman–Crippen MR) is 88.5 cm³/mol. The molecular weight excluding hydrogens is 354 g/mol. The van der Waals surface area contributed by atoms with Crippen molar-refractivity contribution in [3.63, 3.8) is 0 Å². The van der Waals surface area contributed by atoms with Crippen LogP contribution in [0.5, 0.6) is 0 Å². The van der Waals surface area contributed by atoms with Gasteiger partial charge in [-0.1, -0.05) is 0 Å². The number of aryl methyl sites for hydroxylation is 1. The van der Waals surface area contributed by atoms with E-state index in [2.05, 4.69) is 4.98 Å². The Morgan fingerprint density at radius 2 is 1.71 bits per heavy atom. The molecule has 24 heavy (non-hydrogen) atoms. The normalized spacial score (nSPS) is 18.2. The van der Waals surface area contributed by atoms with Crippen molar-refractivity contribution in [2.45, 2.75) is 18.7 Å². The Morgan fingerprint density at radius 1 is 1.08 bits per heavy atom. The largest absolute Gasteiger partial charge is 0.441 e. The summed E-state index contributed by atoms with van der Waals surface area (Å²) in [6.45, 7) is 3.88. The lowest BCUT2D eigenvalue weighted by molar-refractivity contribution is 0.273. The maximum Gasteiger partial charge on any atom is 0.243 e. The van der Waals surface area contributed by atoms with Gasteiger partial charge in [0.2, 0.25) is 20.0 Å². The van der Waals surface area contributed by atoms with Gasteiger partial charge in [-0.2, -0.15) is 8.61 Å². The zero-order valence-electron chi connectivity index (χ0n) is 13.5. The second-order valence-electron chi connectivity index (χ2n) is 5.57. The van der Waals surface area contributed by atoms with Crippen LogP contribution in [0.4, 0.5) is 0 Å². The molecule has 0 saturated carbocycles. The third kappa shape index (κ3) is 3.06. The minimum absolute atomic E-state index is 0.0158. The van der Waals surface area contributed by atoms with E-state index >= 15 is 0 Å². The number of benzene rings is 1. The van der Waals surface area contributed by atoms with Crippen LogP contribution in [0.15, 0.2) is 27.5 Å². The summed E-state index contributed by atoms with van der Waals surface area (Å²) < 4.78 is 57.3. The van der Waals surface area contributed by atoms with Crippen LogP contribution in [0.2, 0.25) is 0 Å². The molecule has 3 rings (SSSR count). The number of rotatable bonds is 4. The SMILES string of the molecule is CCS(=O)(=O)N1CCN(S(=O)(=O)c2ccc3oc(C)nc3c2)CC1. The van der Waals surface area contributed by atoms with Crippen molar-refractivity contribution in [1.29, 1.82) is 0 Å². The van der Waals surface area contributed by atoms with E-state index in [0.29, 0.717) is 17.0 Å². The summed E-state index contributed by atoms with van der Waals surface area (Å²) in [5, 5.41) is 0. The first-order valence-corrected chi connectivity index (χ1v) is 10.6. The van der Waals surface area contributed by atoms with E-state index in [-0.39, 0.29) is 36.8 Å². The fraction of sp³-hybridized carbons (Fsp3) is 0.500. The molecule has 0 bridgehead atoms. The number of oxazole rings is 1. The second kappa shape index (κ2) is 6.10. The molecule has 1 aromatic carbocycles. The van der Waals surface area contributed by atoms with Crippen LogP contribution in [-0.4, -0.2) is 62.4 Å². The van der Waals surface area contributed by atoms with Crippen molar-refractivity contribution in [2.24, 2.45) is 0 Å². The molecule has 0 atom stereocenters. The molecule has 2 aromatic rings. The smallest absolute Gasteiger partial charge is 0.243 e. The fourth-order valence-electron chi connectivity index (χ4n) is 2.70. The Morgan fingerprint density at radius 3 is 2.33 bits per heavy atom. The fourth-order valence-corrected chi connectivity index (χ4v) is 5.23. The maximum atomic E-state index is 12.8. The van der Waals surface area contributed by atoms with Crippen molar-refractivity contribution >= 4 is 31.1 Å². The first-order valence-electron chi connectivity index (χ1n) is 7.59. The second-order valence-corrected chi connectivity index (χ2v) is 9.76. The minimum Gasteiger partial charge on any atom is -0.441 e. The molecule has 10 heteroatoms. The van der Waals surface area contributed by atoms with Gasteiger partial charge in [-0.25, -0.2) is 21.8 Å². The summed E-state index contributed by atoms with van der Waals surface area (Å²) in [4.78, 5) is 4.29. The van der Waals surface area contributed by atoms with Gasteiger partial charge in [0.05, 0.1) is 10.6 Å². The van der Waals surface area contributed by atoms with Gasteiger partial charge in [0.15, 0.2) is 11.5 Å². The monoisotopic (exact) mass is 373 g/mol. The van der Waals surface area contributed by atoms with Gasteiger partial charge in [0.1, 0.15) is 5.52 Å². The van der Waals surface area contributed by atoms with Crippen LogP contribution in [0.1, 0.15) is 12.8 Å². The highest BCUT2D eigenvalue weighted by atomic mass is 32.2. The van der Waals surface area contributed by atoms with E-state index in [1.54, 1.807) is 19.9 Å². The quantitative estimate of drug-likeness (QED) is 0.785. The third-order valence-electron chi connectivity index (χ3n) is 4.06. The molecule has 1 fully saturated rings. The van der Waals surface area contributed by atoms with Crippen molar-refractivity contribution in [3.05, 3.63) is 24.1 Å². The van der Waals surface area contributed by atoms with Crippen molar-refractivity contribution < 1.29 is 21.3 Å². The van der Waals surface area contributed by atoms with Gasteiger partial charge in [-0.05, 0) is 25.1 Å². The lowest BCUT2D eigenvalue weighted by Crippen LogP contribution is -2.50. The molecule has 0 unspecified atom stereocenters. The van der Waals surface area contributed by atoms with Crippen LogP contribution in [0.25, 0.3) is 11.1 Å². The molecule has 1 aromatic heterocycles. The van der Waals surface area contributed by atoms with Crippen LogP contribution >= 0.6 is 0 Å². The number of sulfonamides is 2. The maximum absolute atomic E-state index is 12.8. The zero-order chi connectivity index (χ0) is 17.5. The first-order chi connectivity index (χ1) is 11.2. The van der Waals surface area contributed by atoms with E-state index in [0.717, 1.165) is 0 Å². The molecule has 132 valence electrons. The summed E-state index contributed by atoms with van der Waals surface area (Å²) in [5.41, 5.74) is 1.02. The highest BCUT2D eigenvalue weighted by molar-refractivity contribution is 7.89. The van der Waals surface area contributed by atoms with Crippen LogP contribution in [-0.2, 0) is 20.0 Å². The number of hydrogen-bond donors (Lipinski definition) is 0. The van der Waals surface area contributed by atoms with Gasteiger partial charge in [0.25, 0.3) is 0 Å². The van der Waals surface area contributed by atoms with Gasteiger partial charge >= 0.3 is 0 Å². The first kappa shape index (κ1) is 17.3. The Balaban J connectivity index is 1.83. The molecule has 0 spiro atoms. The molecule has 1 aliphatic rings. The average molecular weight is 373 g/mol. The Hall–Kier alpha value is -1.49. The Labute approximate surface area is 141 Å². The van der Waals surface area contributed by atoms with Crippen LogP contribution < -0.4 is 0 Å². The number of nitrogens with zero attached hydrogens (tertiary/aromatic N) is 3. The summed E-state index contributed by atoms with van der Waals surface area (Å²) in [6, 6.07) is 4.55. The lowest BCUT2D eigenvalue weighted by Gasteiger charge is -2.33. The molecule has 0 aliphatic carbocycles. The number of hydrogen-bond acceptors (Lipinski definition) is 6. The Bertz CT molecular complexity index is 957. The van der Waals surface area contributed by atoms with Gasteiger partial charge in [-0.3, -0.25) is 0 Å². The number of piperazine rings is 1. The molecule has 1 saturated heterocycles. The molecule has 0 N–H and O–H groups in total. The van der Waals surface area contributed by atoms with E-state index in [9.17, 15) is 16.8 Å². The summed E-state index contributed by atoms with van der Waals surface area (Å²) >= 11 is 0. The molecule has 2 heterocycles. The van der Waals surface area contributed by atoms with Crippen LogP contribution in [0, 0.1) is 6.92 Å². The third-order valence-corrected chi connectivity index (χ3v) is 7.84. The van der Waals surface area contributed by atoms with E-state index in [1.807, 2.05) is 0 Å². The highest BCUT2D eigenvalue weighted by Crippen LogP contribution is 2.23. The van der Waals surface area contributed by atoms with E-state index < -0.39 is 20.0 Å². The van der Waals surface area contributed by atoms with E-state index in [1.165, 1.54) is 20.7 Å². The Kier molecular flexibility index (Phi) is 4.41. The molecule has 1 aliphatic heterocycles. The summed E-state index contributed by atoms with van der Waals surface area (Å²) in [7, 11) is -6.98. The van der Waals surface area contributed by atoms with Gasteiger partial charge in [0, 0.05) is 33.1 Å². The minimum atomic E-state index is -3.69. The molecule has 8 nitrogen and oxygen atoms in total. The topological polar surface area (TPSA) is 101 Å². The van der Waals surface area contributed by atoms with Crippen LogP contribution in [0.3, 0.4) is 0 Å². The number of fused-ring (bicyclic) bond motifs is 1. The van der Waals surface area contributed by atoms with E-state index in [4.69, 9.17) is 4.42 Å². The lowest BCUT2D eigenvalue weighted by atomic mass is 10.3. The molecule has 0 amide bonds. The zero-order valence-corrected chi connectivity index (χ0v) is 15.1. The average Bonchev–Trinajstić information content (AvgIpc) is 2.94. The highest BCUT2D eigenvalue weighted by Gasteiger charge is 2.32. The van der Waals surface area contributed by atoms with Crippen molar-refractivity contribution in [2.75, 3.05) is 31.9 Å². The van der Waals surface area contributed by atoms with Crippen molar-refractivity contribution in [3.8, 4) is 0 Å². The van der Waals surface area contributed by atoms with Crippen molar-refractivity contribution in [1.82, 2.24) is 13.6 Å². The van der Waals surface area contributed by atoms with Gasteiger partial charge in [-0.15, -0.1) is 0 Å². The predicted octanol–water partition coefficient (Wildman–Crippen LogP) is 0.792.